The lowest BCUT2D eigenvalue weighted by Crippen LogP contribution is -2.69. The van der Waals surface area contributed by atoms with Crippen LogP contribution in [0, 0.1) is 5.41 Å². The van der Waals surface area contributed by atoms with Gasteiger partial charge in [-0.15, -0.1) is 24.0 Å². The molecule has 1 fully saturated rings. The highest BCUT2D eigenvalue weighted by molar-refractivity contribution is 14.0. The molecule has 0 radical (unpaired) electrons. The van der Waals surface area contributed by atoms with Crippen molar-refractivity contribution < 1.29 is 17.6 Å². The van der Waals surface area contributed by atoms with E-state index in [0.29, 0.717) is 19.0 Å². The molecule has 0 spiro atoms. The number of primary sulfonamides is 1. The van der Waals surface area contributed by atoms with Crippen molar-refractivity contribution in [2.45, 2.75) is 56.7 Å². The van der Waals surface area contributed by atoms with Crippen molar-refractivity contribution in [3.63, 3.8) is 0 Å². The van der Waals surface area contributed by atoms with Crippen LogP contribution >= 0.6 is 24.0 Å². The van der Waals surface area contributed by atoms with Crippen molar-refractivity contribution in [1.29, 1.82) is 0 Å². The quantitative estimate of drug-likeness (QED) is 0.253. The van der Waals surface area contributed by atoms with Crippen LogP contribution in [0.15, 0.2) is 57.0 Å². The first-order valence-electron chi connectivity index (χ1n) is 10.3. The maximum Gasteiger partial charge on any atom is 0.238 e. The number of methoxy groups -OCH3 is 1. The average Bonchev–Trinajstić information content (AvgIpc) is 3.24. The lowest BCUT2D eigenvalue weighted by molar-refractivity contribution is -0.176. The van der Waals surface area contributed by atoms with E-state index >= 15 is 0 Å². The van der Waals surface area contributed by atoms with E-state index in [1.54, 1.807) is 25.5 Å². The van der Waals surface area contributed by atoms with Gasteiger partial charge in [0.05, 0.1) is 23.3 Å². The first kappa shape index (κ1) is 26.6. The van der Waals surface area contributed by atoms with Crippen LogP contribution in [0.1, 0.15) is 38.5 Å². The SMILES string of the molecule is COC1(C)CC(NC(=NCc2ccc(S(N)(=O)=O)cc2)NCCc2ccco2)C1(C)C.I. The van der Waals surface area contributed by atoms with Crippen LogP contribution in [-0.2, 0) is 27.7 Å². The lowest BCUT2D eigenvalue weighted by atomic mass is 9.56. The number of halogens is 1. The molecule has 0 amide bonds. The zero-order valence-corrected chi connectivity index (χ0v) is 22.1. The molecule has 0 aliphatic heterocycles. The normalized spacial score (nSPS) is 22.5. The van der Waals surface area contributed by atoms with Gasteiger partial charge in [0.1, 0.15) is 5.76 Å². The van der Waals surface area contributed by atoms with E-state index in [9.17, 15) is 8.42 Å². The molecule has 178 valence electrons. The van der Waals surface area contributed by atoms with Gasteiger partial charge in [-0.2, -0.15) is 0 Å². The number of sulfonamides is 1. The van der Waals surface area contributed by atoms with E-state index in [1.807, 2.05) is 12.1 Å². The monoisotopic (exact) mass is 576 g/mol. The Morgan fingerprint density at radius 3 is 2.47 bits per heavy atom. The van der Waals surface area contributed by atoms with Crippen molar-refractivity contribution in [3.8, 4) is 0 Å². The molecule has 32 heavy (non-hydrogen) atoms. The van der Waals surface area contributed by atoms with Gasteiger partial charge in [-0.05, 0) is 43.2 Å². The molecule has 2 aromatic rings. The minimum absolute atomic E-state index is 0. The minimum Gasteiger partial charge on any atom is -0.469 e. The Kier molecular flexibility index (Phi) is 8.76. The zero-order chi connectivity index (χ0) is 22.7. The molecule has 1 heterocycles. The van der Waals surface area contributed by atoms with Crippen LogP contribution in [0.25, 0.3) is 0 Å². The summed E-state index contributed by atoms with van der Waals surface area (Å²) < 4.78 is 34.0. The Bertz CT molecular complexity index is 1010. The van der Waals surface area contributed by atoms with Crippen LogP contribution in [0.5, 0.6) is 0 Å². The van der Waals surface area contributed by atoms with E-state index in [1.165, 1.54) is 12.1 Å². The smallest absolute Gasteiger partial charge is 0.238 e. The summed E-state index contributed by atoms with van der Waals surface area (Å²) in [5.74, 6) is 1.60. The minimum atomic E-state index is -3.70. The number of aliphatic imine (C=N–C) groups is 1. The van der Waals surface area contributed by atoms with E-state index in [4.69, 9.17) is 19.3 Å². The Balaban J connectivity index is 0.00000363. The Labute approximate surface area is 207 Å². The molecule has 1 aliphatic rings. The number of hydrogen-bond acceptors (Lipinski definition) is 5. The molecule has 2 unspecified atom stereocenters. The topological polar surface area (TPSA) is 119 Å². The number of nitrogens with one attached hydrogen (secondary N) is 2. The van der Waals surface area contributed by atoms with Crippen LogP contribution < -0.4 is 15.8 Å². The molecule has 8 nitrogen and oxygen atoms in total. The Hall–Kier alpha value is -1.63. The highest BCUT2D eigenvalue weighted by atomic mass is 127. The van der Waals surface area contributed by atoms with Gasteiger partial charge >= 0.3 is 0 Å². The lowest BCUT2D eigenvalue weighted by Gasteiger charge is -2.59. The first-order valence-corrected chi connectivity index (χ1v) is 11.8. The predicted molar refractivity (Wildman–Crippen MR) is 136 cm³/mol. The first-order chi connectivity index (χ1) is 14.5. The van der Waals surface area contributed by atoms with Gasteiger partial charge in [-0.25, -0.2) is 18.5 Å². The molecule has 1 aromatic heterocycles. The van der Waals surface area contributed by atoms with Gasteiger partial charge in [0.25, 0.3) is 0 Å². The van der Waals surface area contributed by atoms with Crippen molar-refractivity contribution in [2.75, 3.05) is 13.7 Å². The van der Waals surface area contributed by atoms with Gasteiger partial charge < -0.3 is 19.8 Å². The molecule has 1 saturated carbocycles. The van der Waals surface area contributed by atoms with Crippen LogP contribution in [0.2, 0.25) is 0 Å². The summed E-state index contributed by atoms with van der Waals surface area (Å²) in [5, 5.41) is 12.1. The number of nitrogens with two attached hydrogens (primary N) is 1. The van der Waals surface area contributed by atoms with Crippen molar-refractivity contribution >= 4 is 40.0 Å². The van der Waals surface area contributed by atoms with E-state index in [-0.39, 0.29) is 45.9 Å². The molecular weight excluding hydrogens is 543 g/mol. The summed E-state index contributed by atoms with van der Waals surface area (Å²) in [6, 6.07) is 10.5. The molecule has 1 aromatic carbocycles. The molecular formula is C22H33IN4O4S. The van der Waals surface area contributed by atoms with Crippen molar-refractivity contribution in [3.05, 3.63) is 54.0 Å². The Morgan fingerprint density at radius 2 is 1.94 bits per heavy atom. The van der Waals surface area contributed by atoms with Gasteiger partial charge in [0.2, 0.25) is 10.0 Å². The number of rotatable bonds is 8. The molecule has 0 bridgehead atoms. The van der Waals surface area contributed by atoms with Gasteiger partial charge in [-0.1, -0.05) is 26.0 Å². The third kappa shape index (κ3) is 6.03. The summed E-state index contributed by atoms with van der Waals surface area (Å²) in [6.45, 7) is 7.56. The van der Waals surface area contributed by atoms with Crippen LogP contribution in [0.4, 0.5) is 0 Å². The summed E-state index contributed by atoms with van der Waals surface area (Å²) in [7, 11) is -1.95. The average molecular weight is 577 g/mol. The summed E-state index contributed by atoms with van der Waals surface area (Å²) in [4.78, 5) is 4.80. The van der Waals surface area contributed by atoms with E-state index in [0.717, 1.165) is 24.2 Å². The zero-order valence-electron chi connectivity index (χ0n) is 18.9. The van der Waals surface area contributed by atoms with Crippen LogP contribution in [-0.4, -0.2) is 39.7 Å². The number of nitrogens with zero attached hydrogens (tertiary/aromatic N) is 1. The summed E-state index contributed by atoms with van der Waals surface area (Å²) in [6.07, 6.45) is 3.27. The van der Waals surface area contributed by atoms with Crippen molar-refractivity contribution in [2.24, 2.45) is 15.5 Å². The maximum atomic E-state index is 11.4. The number of guanidine groups is 1. The largest absolute Gasteiger partial charge is 0.469 e. The number of ether oxygens (including phenoxy) is 1. The Morgan fingerprint density at radius 1 is 1.25 bits per heavy atom. The van der Waals surface area contributed by atoms with E-state index < -0.39 is 10.0 Å². The fourth-order valence-corrected chi connectivity index (χ4v) is 4.27. The fraction of sp³-hybridized carbons (Fsp3) is 0.500. The fourth-order valence-electron chi connectivity index (χ4n) is 3.75. The van der Waals surface area contributed by atoms with Crippen molar-refractivity contribution in [1.82, 2.24) is 10.6 Å². The third-order valence-corrected chi connectivity index (χ3v) is 7.43. The summed E-state index contributed by atoms with van der Waals surface area (Å²) in [5.41, 5.74) is 0.629. The predicted octanol–water partition coefficient (Wildman–Crippen LogP) is 3.03. The molecule has 10 heteroatoms. The van der Waals surface area contributed by atoms with Gasteiger partial charge in [0, 0.05) is 31.5 Å². The molecule has 4 N–H and O–H groups in total. The van der Waals surface area contributed by atoms with E-state index in [2.05, 4.69) is 31.4 Å². The van der Waals surface area contributed by atoms with Gasteiger partial charge in [0.15, 0.2) is 5.96 Å². The highest BCUT2D eigenvalue weighted by Gasteiger charge is 2.58. The number of furan rings is 1. The second-order valence-corrected chi connectivity index (χ2v) is 10.2. The molecule has 2 atom stereocenters. The summed E-state index contributed by atoms with van der Waals surface area (Å²) >= 11 is 0. The number of hydrogen-bond donors (Lipinski definition) is 3. The molecule has 1 aliphatic carbocycles. The third-order valence-electron chi connectivity index (χ3n) is 6.50. The maximum absolute atomic E-state index is 11.4. The second-order valence-electron chi connectivity index (χ2n) is 8.67. The molecule has 3 rings (SSSR count). The number of benzene rings is 1. The van der Waals surface area contributed by atoms with Gasteiger partial charge in [-0.3, -0.25) is 0 Å². The highest BCUT2D eigenvalue weighted by Crippen LogP contribution is 2.51. The standard InChI is InChI=1S/C22H32N4O4S.HI/c1-21(2)19(14-22(21,3)29-4)26-20(24-12-11-17-6-5-13-30-17)25-15-16-7-9-18(10-8-16)31(23,27)28;/h5-10,13,19H,11-12,14-15H2,1-4H3,(H2,23,27,28)(H2,24,25,26);1H. The molecule has 0 saturated heterocycles. The van der Waals surface area contributed by atoms with Crippen LogP contribution in [0.3, 0.4) is 0 Å². The second kappa shape index (κ2) is 10.5.